The lowest BCUT2D eigenvalue weighted by molar-refractivity contribution is -0.140. The average Bonchev–Trinajstić information content (AvgIpc) is 2.58. The van der Waals surface area contributed by atoms with Crippen LogP contribution in [0.25, 0.3) is 0 Å². The van der Waals surface area contributed by atoms with E-state index in [1.807, 2.05) is 0 Å². The van der Waals surface area contributed by atoms with Crippen molar-refractivity contribution in [3.05, 3.63) is 37.9 Å². The molecule has 0 bridgehead atoms. The van der Waals surface area contributed by atoms with Crippen LogP contribution in [-0.4, -0.2) is 39.5 Å². The van der Waals surface area contributed by atoms with E-state index in [1.165, 1.54) is 0 Å². The smallest absolute Gasteiger partial charge is 0.355 e. The summed E-state index contributed by atoms with van der Waals surface area (Å²) in [5.74, 6) is -3.37. The minimum Gasteiger partial charge on any atom is -0.466 e. The first-order valence-corrected chi connectivity index (χ1v) is 8.00. The Bertz CT molecular complexity index is 738. The molecule has 6 nitrogen and oxygen atoms in total. The highest BCUT2D eigenvalue weighted by molar-refractivity contribution is 9.11. The summed E-state index contributed by atoms with van der Waals surface area (Å²) in [6, 6.07) is 0.900. The van der Waals surface area contributed by atoms with Crippen LogP contribution in [0.4, 0.5) is 14.5 Å². The van der Waals surface area contributed by atoms with E-state index >= 15 is 0 Å². The SMILES string of the molecule is COC(=O)C1=C(C(=O)OC)N(c2c(F)cc(Br)c(F)c2Br)COC1. The number of hydrogen-bond donors (Lipinski definition) is 0. The zero-order valence-electron chi connectivity index (χ0n) is 12.5. The van der Waals surface area contributed by atoms with Gasteiger partial charge in [0.15, 0.2) is 5.82 Å². The molecule has 1 aromatic rings. The molecule has 130 valence electrons. The summed E-state index contributed by atoms with van der Waals surface area (Å²) in [6.45, 7) is -0.520. The third-order valence-electron chi connectivity index (χ3n) is 3.19. The van der Waals surface area contributed by atoms with Crippen LogP contribution in [0.2, 0.25) is 0 Å². The molecule has 0 unspecified atom stereocenters. The summed E-state index contributed by atoms with van der Waals surface area (Å²) in [6.07, 6.45) is 0. The Morgan fingerprint density at radius 1 is 1.21 bits per heavy atom. The highest BCUT2D eigenvalue weighted by Gasteiger charge is 2.35. The van der Waals surface area contributed by atoms with E-state index in [4.69, 9.17) is 4.74 Å². The van der Waals surface area contributed by atoms with E-state index in [0.717, 1.165) is 25.2 Å². The minimum atomic E-state index is -0.909. The lowest BCUT2D eigenvalue weighted by atomic mass is 10.1. The topological polar surface area (TPSA) is 65.1 Å². The van der Waals surface area contributed by atoms with E-state index in [9.17, 15) is 18.4 Å². The molecule has 0 amide bonds. The number of hydrogen-bond acceptors (Lipinski definition) is 6. The second kappa shape index (κ2) is 7.58. The van der Waals surface area contributed by atoms with Gasteiger partial charge >= 0.3 is 11.9 Å². The Morgan fingerprint density at radius 3 is 2.42 bits per heavy atom. The van der Waals surface area contributed by atoms with Gasteiger partial charge in [-0.05, 0) is 37.9 Å². The monoisotopic (exact) mass is 469 g/mol. The Labute approximate surface area is 152 Å². The molecule has 1 aromatic carbocycles. The van der Waals surface area contributed by atoms with Crippen LogP contribution >= 0.6 is 31.9 Å². The van der Waals surface area contributed by atoms with Gasteiger partial charge in [0.05, 0.1) is 41.0 Å². The quantitative estimate of drug-likeness (QED) is 0.384. The highest BCUT2D eigenvalue weighted by Crippen LogP contribution is 2.39. The average molecular weight is 471 g/mol. The van der Waals surface area contributed by atoms with Gasteiger partial charge in [-0.3, -0.25) is 0 Å². The van der Waals surface area contributed by atoms with Gasteiger partial charge < -0.3 is 19.1 Å². The Balaban J connectivity index is 2.71. The van der Waals surface area contributed by atoms with Crippen LogP contribution in [-0.2, 0) is 23.8 Å². The summed E-state index contributed by atoms with van der Waals surface area (Å²) in [5.41, 5.74) is -0.751. The van der Waals surface area contributed by atoms with Crippen LogP contribution < -0.4 is 4.90 Å². The summed E-state index contributed by atoms with van der Waals surface area (Å²) >= 11 is 5.84. The number of rotatable bonds is 3. The van der Waals surface area contributed by atoms with Crippen molar-refractivity contribution in [1.29, 1.82) is 0 Å². The van der Waals surface area contributed by atoms with Crippen LogP contribution in [0.5, 0.6) is 0 Å². The second-order valence-electron chi connectivity index (χ2n) is 4.53. The van der Waals surface area contributed by atoms with Crippen molar-refractivity contribution in [2.45, 2.75) is 0 Å². The van der Waals surface area contributed by atoms with Gasteiger partial charge in [-0.2, -0.15) is 0 Å². The molecule has 0 aliphatic carbocycles. The molecule has 1 aliphatic rings. The molecule has 0 N–H and O–H groups in total. The molecule has 1 aliphatic heterocycles. The summed E-state index contributed by atoms with van der Waals surface area (Å²) in [4.78, 5) is 25.0. The number of carbonyl (C=O) groups is 2. The second-order valence-corrected chi connectivity index (χ2v) is 6.18. The lowest BCUT2D eigenvalue weighted by Gasteiger charge is -2.32. The molecular formula is C14H11Br2F2NO5. The normalized spacial score (nSPS) is 14.7. The Morgan fingerprint density at radius 2 is 1.83 bits per heavy atom. The first kappa shape index (κ1) is 18.8. The zero-order valence-corrected chi connectivity index (χ0v) is 15.7. The van der Waals surface area contributed by atoms with Gasteiger partial charge in [-0.1, -0.05) is 0 Å². The fraction of sp³-hybridized carbons (Fsp3) is 0.286. The lowest BCUT2D eigenvalue weighted by Crippen LogP contribution is -2.39. The van der Waals surface area contributed by atoms with Crippen LogP contribution in [0, 0.1) is 11.6 Å². The van der Waals surface area contributed by atoms with Gasteiger partial charge in [-0.25, -0.2) is 18.4 Å². The van der Waals surface area contributed by atoms with Crippen molar-refractivity contribution in [3.63, 3.8) is 0 Å². The molecule has 0 radical (unpaired) electrons. The van der Waals surface area contributed by atoms with Crippen LogP contribution in [0.3, 0.4) is 0 Å². The largest absolute Gasteiger partial charge is 0.466 e. The van der Waals surface area contributed by atoms with E-state index in [1.54, 1.807) is 0 Å². The Hall–Kier alpha value is -1.52. The number of halogens is 4. The molecule has 0 aromatic heterocycles. The standard InChI is InChI=1S/C14H11Br2F2NO5/c1-22-13(20)6-4-24-5-19(11(6)14(21)23-2)12-8(17)3-7(15)10(18)9(12)16/h3H,4-5H2,1-2H3. The number of methoxy groups -OCH3 is 2. The summed E-state index contributed by atoms with van der Waals surface area (Å²) in [5, 5.41) is 0. The third kappa shape index (κ3) is 3.31. The number of esters is 2. The van der Waals surface area contributed by atoms with Crippen molar-refractivity contribution in [3.8, 4) is 0 Å². The molecular weight excluding hydrogens is 460 g/mol. The minimum absolute atomic E-state index is 0.106. The molecule has 1 heterocycles. The zero-order chi connectivity index (χ0) is 18.0. The summed E-state index contributed by atoms with van der Waals surface area (Å²) in [7, 11) is 2.23. The molecule has 2 rings (SSSR count). The number of ether oxygens (including phenoxy) is 3. The molecule has 0 saturated heterocycles. The first-order valence-electron chi connectivity index (χ1n) is 6.41. The number of benzene rings is 1. The molecule has 0 spiro atoms. The van der Waals surface area contributed by atoms with Gasteiger partial charge in [0, 0.05) is 0 Å². The van der Waals surface area contributed by atoms with Gasteiger partial charge in [0.1, 0.15) is 18.2 Å². The van der Waals surface area contributed by atoms with E-state index in [-0.39, 0.29) is 39.2 Å². The van der Waals surface area contributed by atoms with Crippen molar-refractivity contribution in [1.82, 2.24) is 0 Å². The fourth-order valence-corrected chi connectivity index (χ4v) is 3.41. The van der Waals surface area contributed by atoms with E-state index in [2.05, 4.69) is 41.3 Å². The van der Waals surface area contributed by atoms with Gasteiger partial charge in [0.2, 0.25) is 0 Å². The van der Waals surface area contributed by atoms with Gasteiger partial charge in [0.25, 0.3) is 0 Å². The predicted octanol–water partition coefficient (Wildman–Crippen LogP) is 2.88. The van der Waals surface area contributed by atoms with Crippen molar-refractivity contribution in [2.24, 2.45) is 0 Å². The fourth-order valence-electron chi connectivity index (χ4n) is 2.12. The maximum atomic E-state index is 14.4. The van der Waals surface area contributed by atoms with Crippen LogP contribution in [0.1, 0.15) is 0 Å². The third-order valence-corrected chi connectivity index (χ3v) is 4.49. The van der Waals surface area contributed by atoms with E-state index < -0.39 is 23.6 Å². The van der Waals surface area contributed by atoms with Crippen molar-refractivity contribution >= 4 is 49.5 Å². The first-order chi connectivity index (χ1) is 11.3. The summed E-state index contributed by atoms with van der Waals surface area (Å²) < 4.78 is 42.6. The number of carbonyl (C=O) groups excluding carboxylic acids is 2. The molecule has 24 heavy (non-hydrogen) atoms. The molecule has 0 atom stereocenters. The number of anilines is 1. The maximum absolute atomic E-state index is 14.4. The highest BCUT2D eigenvalue weighted by atomic mass is 79.9. The van der Waals surface area contributed by atoms with Crippen molar-refractivity contribution in [2.75, 3.05) is 32.5 Å². The predicted molar refractivity (Wildman–Crippen MR) is 86.1 cm³/mol. The van der Waals surface area contributed by atoms with Crippen molar-refractivity contribution < 1.29 is 32.6 Å². The molecule has 10 heteroatoms. The van der Waals surface area contributed by atoms with E-state index in [0.29, 0.717) is 0 Å². The Kier molecular flexibility index (Phi) is 5.94. The molecule has 0 saturated carbocycles. The maximum Gasteiger partial charge on any atom is 0.355 e. The van der Waals surface area contributed by atoms with Crippen LogP contribution in [0.15, 0.2) is 26.3 Å². The van der Waals surface area contributed by atoms with Gasteiger partial charge in [-0.15, -0.1) is 0 Å². The molecule has 0 fully saturated rings. The number of nitrogens with zero attached hydrogens (tertiary/aromatic N) is 1.